The third-order valence-electron chi connectivity index (χ3n) is 5.93. The molecule has 4 rings (SSSR count). The Balaban J connectivity index is 1.76. The number of ether oxygens (including phenoxy) is 1. The van der Waals surface area contributed by atoms with E-state index in [4.69, 9.17) is 4.74 Å². The maximum atomic E-state index is 13.6. The summed E-state index contributed by atoms with van der Waals surface area (Å²) in [5.41, 5.74) is -0.477. The molecule has 188 valence electrons. The second kappa shape index (κ2) is 8.47. The number of aliphatic hydroxyl groups excluding tert-OH is 1. The van der Waals surface area contributed by atoms with Crippen molar-refractivity contribution in [3.05, 3.63) is 47.3 Å². The molecule has 1 atom stereocenters. The number of hydrogen-bond donors (Lipinski definition) is 1. The number of aromatic nitrogens is 2. The maximum absolute atomic E-state index is 13.6. The lowest BCUT2D eigenvalue weighted by molar-refractivity contribution is -0.128. The number of sulfonamides is 1. The molecule has 10 nitrogen and oxygen atoms in total. The molecule has 3 heterocycles. The van der Waals surface area contributed by atoms with Gasteiger partial charge >= 0.3 is 0 Å². The first-order valence-electron chi connectivity index (χ1n) is 11.3. The Morgan fingerprint density at radius 1 is 1.17 bits per heavy atom. The van der Waals surface area contributed by atoms with E-state index in [0.29, 0.717) is 13.0 Å². The number of benzene rings is 1. The maximum Gasteiger partial charge on any atom is 0.287 e. The van der Waals surface area contributed by atoms with Crippen LogP contribution in [0.25, 0.3) is 0 Å². The van der Waals surface area contributed by atoms with Gasteiger partial charge in [0.25, 0.3) is 15.9 Å². The van der Waals surface area contributed by atoms with Crippen LogP contribution in [0, 0.1) is 10.8 Å². The lowest BCUT2D eigenvalue weighted by Crippen LogP contribution is -2.45. The first-order chi connectivity index (χ1) is 16.2. The number of aliphatic hydroxyl groups is 1. The van der Waals surface area contributed by atoms with Crippen molar-refractivity contribution < 1.29 is 27.6 Å². The molecule has 2 aliphatic rings. The van der Waals surface area contributed by atoms with E-state index in [2.05, 4.69) is 39.8 Å². The molecule has 1 N–H and O–H groups in total. The normalized spacial score (nSPS) is 19.8. The lowest BCUT2D eigenvalue weighted by atomic mass is 9.84. The van der Waals surface area contributed by atoms with E-state index in [-0.39, 0.29) is 51.1 Å². The Bertz CT molecular complexity index is 1310. The average molecular weight is 503 g/mol. The predicted octanol–water partition coefficient (Wildman–Crippen LogP) is 3.65. The summed E-state index contributed by atoms with van der Waals surface area (Å²) in [4.78, 5) is 19.0. The summed E-state index contributed by atoms with van der Waals surface area (Å²) in [5, 5.41) is 14.9. The van der Waals surface area contributed by atoms with Gasteiger partial charge in [-0.2, -0.15) is 17.8 Å². The molecule has 0 saturated carbocycles. The van der Waals surface area contributed by atoms with Gasteiger partial charge in [-0.05, 0) is 23.3 Å². The highest BCUT2D eigenvalue weighted by molar-refractivity contribution is 7.91. The molecule has 1 aromatic carbocycles. The van der Waals surface area contributed by atoms with Crippen LogP contribution in [0.4, 0.5) is 0 Å². The highest BCUT2D eigenvalue weighted by Crippen LogP contribution is 2.42. The van der Waals surface area contributed by atoms with Gasteiger partial charge in [0, 0.05) is 12.1 Å². The topological polar surface area (TPSA) is 135 Å². The van der Waals surface area contributed by atoms with Gasteiger partial charge in [-0.25, -0.2) is 0 Å². The lowest BCUT2D eigenvalue weighted by Gasteiger charge is -2.36. The van der Waals surface area contributed by atoms with Crippen LogP contribution in [-0.2, 0) is 21.4 Å². The summed E-state index contributed by atoms with van der Waals surface area (Å²) in [5.74, 6) is -0.315. The zero-order valence-electron chi connectivity index (χ0n) is 20.7. The average Bonchev–Trinajstić information content (AvgIpc) is 3.40. The van der Waals surface area contributed by atoms with Gasteiger partial charge in [-0.15, -0.1) is 0 Å². The summed E-state index contributed by atoms with van der Waals surface area (Å²) >= 11 is 0. The molecule has 0 unspecified atom stereocenters. The molecule has 0 radical (unpaired) electrons. The van der Waals surface area contributed by atoms with E-state index in [1.807, 2.05) is 20.8 Å². The number of fused-ring (bicyclic) bond motifs is 1. The monoisotopic (exact) mass is 502 g/mol. The summed E-state index contributed by atoms with van der Waals surface area (Å²) in [6.07, 6.45) is 1.85. The quantitative estimate of drug-likeness (QED) is 0.632. The standard InChI is InChI=1S/C24H30N4O6S/c1-23(2,3)10-11-28-21(24(4,5)6)19(29)17(22(28)30)18-14-8-7-9-15(20(14)35(31,32)27-18)33-12-16-25-13-34-26-16/h7-9,13,21,29H,10-12H2,1-6H3/t21-/m1/s1. The highest BCUT2D eigenvalue weighted by atomic mass is 32.2. The van der Waals surface area contributed by atoms with Gasteiger partial charge in [-0.3, -0.25) is 4.79 Å². The largest absolute Gasteiger partial charge is 0.509 e. The van der Waals surface area contributed by atoms with Crippen molar-refractivity contribution in [3.8, 4) is 5.75 Å². The highest BCUT2D eigenvalue weighted by Gasteiger charge is 2.49. The molecule has 0 aliphatic carbocycles. The fraction of sp³-hybridized carbons (Fsp3) is 0.500. The van der Waals surface area contributed by atoms with E-state index in [9.17, 15) is 18.3 Å². The summed E-state index contributed by atoms with van der Waals surface area (Å²) in [7, 11) is -4.18. The third-order valence-corrected chi connectivity index (χ3v) is 7.29. The number of amides is 1. The van der Waals surface area contributed by atoms with Gasteiger partial charge < -0.3 is 19.3 Å². The minimum atomic E-state index is -4.18. The Hall–Kier alpha value is -3.21. The zero-order chi connectivity index (χ0) is 25.8. The van der Waals surface area contributed by atoms with Crippen LogP contribution in [0.2, 0.25) is 0 Å². The number of nitrogens with zero attached hydrogens (tertiary/aromatic N) is 4. The number of carbonyl (C=O) groups is 1. The van der Waals surface area contributed by atoms with Crippen LogP contribution < -0.4 is 4.74 Å². The van der Waals surface area contributed by atoms with Crippen LogP contribution in [0.3, 0.4) is 0 Å². The van der Waals surface area contributed by atoms with Crippen molar-refractivity contribution in [3.63, 3.8) is 0 Å². The molecular weight excluding hydrogens is 472 g/mol. The van der Waals surface area contributed by atoms with Crippen molar-refractivity contribution in [2.24, 2.45) is 15.2 Å². The first kappa shape index (κ1) is 24.9. The molecule has 1 amide bonds. The molecule has 0 saturated heterocycles. The fourth-order valence-corrected chi connectivity index (χ4v) is 5.66. The molecule has 11 heteroatoms. The van der Waals surface area contributed by atoms with E-state index in [0.717, 1.165) is 6.39 Å². The van der Waals surface area contributed by atoms with Crippen molar-refractivity contribution in [1.29, 1.82) is 0 Å². The molecule has 0 fully saturated rings. The van der Waals surface area contributed by atoms with E-state index in [1.165, 1.54) is 6.07 Å². The molecule has 0 bridgehead atoms. The fourth-order valence-electron chi connectivity index (χ4n) is 4.32. The molecule has 2 aromatic rings. The smallest absolute Gasteiger partial charge is 0.287 e. The number of hydrogen-bond acceptors (Lipinski definition) is 8. The second-order valence-corrected chi connectivity index (χ2v) is 12.6. The SMILES string of the molecule is CC(C)(C)CCN1C(=O)C(C2=NS(=O)(=O)c3c(OCc4ncon4)cccc32)=C(O)[C@@H]1C(C)(C)C. The minimum absolute atomic E-state index is 0.0349. The Morgan fingerprint density at radius 2 is 1.89 bits per heavy atom. The number of carbonyl (C=O) groups excluding carboxylic acids is 1. The first-order valence-corrected chi connectivity index (χ1v) is 12.8. The van der Waals surface area contributed by atoms with Gasteiger partial charge in [0.1, 0.15) is 27.7 Å². The van der Waals surface area contributed by atoms with Crippen molar-refractivity contribution in [1.82, 2.24) is 15.0 Å². The van der Waals surface area contributed by atoms with Gasteiger partial charge in [0.05, 0.1) is 6.04 Å². The molecular formula is C24H30N4O6S. The van der Waals surface area contributed by atoms with Crippen LogP contribution in [0.1, 0.15) is 59.4 Å². The summed E-state index contributed by atoms with van der Waals surface area (Å²) in [6, 6.07) is 4.04. The van der Waals surface area contributed by atoms with Gasteiger partial charge in [-0.1, -0.05) is 58.8 Å². The summed E-state index contributed by atoms with van der Waals surface area (Å²) in [6.45, 7) is 12.3. The van der Waals surface area contributed by atoms with E-state index in [1.54, 1.807) is 17.0 Å². The van der Waals surface area contributed by atoms with Gasteiger partial charge in [0.15, 0.2) is 6.61 Å². The van der Waals surface area contributed by atoms with E-state index >= 15 is 0 Å². The predicted molar refractivity (Wildman–Crippen MR) is 127 cm³/mol. The van der Waals surface area contributed by atoms with Crippen molar-refractivity contribution in [2.75, 3.05) is 6.54 Å². The molecule has 1 aromatic heterocycles. The van der Waals surface area contributed by atoms with Crippen molar-refractivity contribution >= 4 is 21.6 Å². The second-order valence-electron chi connectivity index (χ2n) is 11.0. The Kier molecular flexibility index (Phi) is 6.03. The minimum Gasteiger partial charge on any atom is -0.509 e. The Morgan fingerprint density at radius 3 is 2.49 bits per heavy atom. The van der Waals surface area contributed by atoms with Crippen LogP contribution in [0.5, 0.6) is 5.75 Å². The summed E-state index contributed by atoms with van der Waals surface area (Å²) < 4.78 is 40.4. The van der Waals surface area contributed by atoms with Crippen LogP contribution in [0.15, 0.2) is 49.7 Å². The number of rotatable bonds is 6. The van der Waals surface area contributed by atoms with Crippen LogP contribution in [-0.4, -0.2) is 52.8 Å². The van der Waals surface area contributed by atoms with E-state index < -0.39 is 27.4 Å². The molecule has 0 spiro atoms. The van der Waals surface area contributed by atoms with Crippen molar-refractivity contribution in [2.45, 2.75) is 65.5 Å². The third kappa shape index (κ3) is 4.69. The zero-order valence-corrected chi connectivity index (χ0v) is 21.5. The molecule has 2 aliphatic heterocycles. The molecule has 35 heavy (non-hydrogen) atoms. The van der Waals surface area contributed by atoms with Gasteiger partial charge in [0.2, 0.25) is 12.2 Å². The van der Waals surface area contributed by atoms with Crippen LogP contribution >= 0.6 is 0 Å². The Labute approximate surface area is 204 Å².